The molecule has 5 nitrogen and oxygen atoms in total. The van der Waals surface area contributed by atoms with Gasteiger partial charge in [-0.05, 0) is 56.5 Å². The van der Waals surface area contributed by atoms with Crippen molar-refractivity contribution in [1.82, 2.24) is 10.2 Å². The van der Waals surface area contributed by atoms with Gasteiger partial charge in [-0.15, -0.1) is 0 Å². The van der Waals surface area contributed by atoms with Crippen LogP contribution >= 0.6 is 0 Å². The highest BCUT2D eigenvalue weighted by atomic mass is 19.1. The molecule has 160 valence electrons. The summed E-state index contributed by atoms with van der Waals surface area (Å²) in [5.74, 6) is -0.409. The molecule has 0 radical (unpaired) electrons. The van der Waals surface area contributed by atoms with Gasteiger partial charge in [-0.3, -0.25) is 9.59 Å². The Hall–Kier alpha value is -2.89. The maximum atomic E-state index is 13.1. The lowest BCUT2D eigenvalue weighted by Crippen LogP contribution is -2.50. The molecule has 6 heteroatoms. The zero-order chi connectivity index (χ0) is 21.5. The first-order valence-corrected chi connectivity index (χ1v) is 10.5. The van der Waals surface area contributed by atoms with E-state index in [1.165, 1.54) is 24.3 Å². The Kier molecular flexibility index (Phi) is 7.44. The minimum atomic E-state index is -0.628. The second-order valence-corrected chi connectivity index (χ2v) is 7.92. The van der Waals surface area contributed by atoms with E-state index in [4.69, 9.17) is 4.74 Å². The maximum absolute atomic E-state index is 13.1. The summed E-state index contributed by atoms with van der Waals surface area (Å²) in [5.41, 5.74) is 2.07. The fraction of sp³-hybridized carbons (Fsp3) is 0.417. The summed E-state index contributed by atoms with van der Waals surface area (Å²) >= 11 is 0. The summed E-state index contributed by atoms with van der Waals surface area (Å²) in [7, 11) is 0. The van der Waals surface area contributed by atoms with Gasteiger partial charge in [0.05, 0.1) is 0 Å². The third kappa shape index (κ3) is 6.05. The number of carbonyl (C=O) groups excluding carboxylic acids is 2. The Morgan fingerprint density at radius 2 is 1.73 bits per heavy atom. The number of hydrogen-bond acceptors (Lipinski definition) is 3. The minimum Gasteiger partial charge on any atom is -0.484 e. The van der Waals surface area contributed by atoms with Crippen LogP contribution in [0.1, 0.15) is 43.7 Å². The normalized spacial score (nSPS) is 14.9. The van der Waals surface area contributed by atoms with Gasteiger partial charge in [0.2, 0.25) is 5.91 Å². The van der Waals surface area contributed by atoms with E-state index in [0.29, 0.717) is 12.3 Å². The summed E-state index contributed by atoms with van der Waals surface area (Å²) in [6.45, 7) is 3.83. The Balaban J connectivity index is 1.69. The van der Waals surface area contributed by atoms with E-state index in [-0.39, 0.29) is 30.3 Å². The molecular formula is C24H29FN2O3. The van der Waals surface area contributed by atoms with Crippen molar-refractivity contribution in [2.24, 2.45) is 0 Å². The van der Waals surface area contributed by atoms with Gasteiger partial charge in [0.1, 0.15) is 17.6 Å². The van der Waals surface area contributed by atoms with Crippen molar-refractivity contribution < 1.29 is 18.7 Å². The molecule has 3 rings (SSSR count). The average Bonchev–Trinajstić information content (AvgIpc) is 3.25. The summed E-state index contributed by atoms with van der Waals surface area (Å²) in [6, 6.07) is 12.9. The van der Waals surface area contributed by atoms with Crippen LogP contribution in [0.5, 0.6) is 5.75 Å². The number of carbonyl (C=O) groups is 2. The van der Waals surface area contributed by atoms with Crippen LogP contribution in [0.3, 0.4) is 0 Å². The van der Waals surface area contributed by atoms with E-state index < -0.39 is 6.04 Å². The number of benzene rings is 2. The van der Waals surface area contributed by atoms with Crippen LogP contribution < -0.4 is 10.1 Å². The Bertz CT molecular complexity index is 846. The van der Waals surface area contributed by atoms with Crippen molar-refractivity contribution in [1.29, 1.82) is 0 Å². The third-order valence-electron chi connectivity index (χ3n) is 5.52. The number of amides is 2. The Morgan fingerprint density at radius 1 is 1.10 bits per heavy atom. The lowest BCUT2D eigenvalue weighted by molar-refractivity contribution is -0.142. The van der Waals surface area contributed by atoms with Crippen molar-refractivity contribution in [3.63, 3.8) is 0 Å². The first-order chi connectivity index (χ1) is 14.4. The van der Waals surface area contributed by atoms with Crippen molar-refractivity contribution in [3.05, 3.63) is 65.5 Å². The summed E-state index contributed by atoms with van der Waals surface area (Å²) in [5, 5.41) is 3.07. The van der Waals surface area contributed by atoms with Gasteiger partial charge in [0.25, 0.3) is 5.91 Å². The topological polar surface area (TPSA) is 58.6 Å². The van der Waals surface area contributed by atoms with E-state index in [9.17, 15) is 14.0 Å². The molecule has 0 spiro atoms. The van der Waals surface area contributed by atoms with Gasteiger partial charge in [0, 0.05) is 12.6 Å². The Morgan fingerprint density at radius 3 is 2.37 bits per heavy atom. The Labute approximate surface area is 177 Å². The molecule has 1 fully saturated rings. The molecule has 1 aliphatic rings. The molecule has 0 bridgehead atoms. The summed E-state index contributed by atoms with van der Waals surface area (Å²) in [6.07, 6.45) is 4.21. The van der Waals surface area contributed by atoms with Crippen LogP contribution in [0.25, 0.3) is 0 Å². The lowest BCUT2D eigenvalue weighted by atomic mass is 10.1. The highest BCUT2D eigenvalue weighted by Crippen LogP contribution is 2.19. The predicted octanol–water partition coefficient (Wildman–Crippen LogP) is 3.99. The molecule has 2 amide bonds. The van der Waals surface area contributed by atoms with E-state index in [1.54, 1.807) is 11.8 Å². The van der Waals surface area contributed by atoms with Crippen molar-refractivity contribution >= 4 is 11.8 Å². The van der Waals surface area contributed by atoms with Crippen LogP contribution in [0.4, 0.5) is 4.39 Å². The largest absolute Gasteiger partial charge is 0.484 e. The molecule has 0 heterocycles. The highest BCUT2D eigenvalue weighted by Gasteiger charge is 2.28. The smallest absolute Gasteiger partial charge is 0.261 e. The third-order valence-corrected chi connectivity index (χ3v) is 5.52. The molecule has 0 aromatic heterocycles. The maximum Gasteiger partial charge on any atom is 0.261 e. The predicted molar refractivity (Wildman–Crippen MR) is 113 cm³/mol. The van der Waals surface area contributed by atoms with Gasteiger partial charge >= 0.3 is 0 Å². The highest BCUT2D eigenvalue weighted by molar-refractivity contribution is 5.88. The van der Waals surface area contributed by atoms with Crippen molar-refractivity contribution in [2.45, 2.75) is 58.2 Å². The van der Waals surface area contributed by atoms with Gasteiger partial charge in [0.15, 0.2) is 6.61 Å². The average molecular weight is 413 g/mol. The van der Waals surface area contributed by atoms with E-state index >= 15 is 0 Å². The fourth-order valence-electron chi connectivity index (χ4n) is 3.62. The molecule has 1 N–H and O–H groups in total. The zero-order valence-corrected chi connectivity index (χ0v) is 17.6. The van der Waals surface area contributed by atoms with Gasteiger partial charge < -0.3 is 15.0 Å². The molecule has 1 saturated carbocycles. The first-order valence-electron chi connectivity index (χ1n) is 10.5. The number of nitrogens with zero attached hydrogens (tertiary/aromatic N) is 1. The standard InChI is InChI=1S/C24H29FN2O3/c1-17-7-9-19(10-8-17)15-27(18(2)24(29)26-21-5-3-4-6-21)23(28)16-30-22-13-11-20(25)12-14-22/h7-14,18,21H,3-6,15-16H2,1-2H3,(H,26,29)/t18-/m1/s1. The van der Waals surface area contributed by atoms with Gasteiger partial charge in [-0.2, -0.15) is 0 Å². The summed E-state index contributed by atoms with van der Waals surface area (Å²) < 4.78 is 18.6. The van der Waals surface area contributed by atoms with E-state index in [1.807, 2.05) is 31.2 Å². The zero-order valence-electron chi connectivity index (χ0n) is 17.6. The molecule has 0 saturated heterocycles. The van der Waals surface area contributed by atoms with Crippen LogP contribution in [-0.4, -0.2) is 35.4 Å². The van der Waals surface area contributed by atoms with E-state index in [2.05, 4.69) is 5.32 Å². The van der Waals surface area contributed by atoms with E-state index in [0.717, 1.165) is 36.8 Å². The number of nitrogens with one attached hydrogen (secondary N) is 1. The molecule has 1 atom stereocenters. The lowest BCUT2D eigenvalue weighted by Gasteiger charge is -2.29. The van der Waals surface area contributed by atoms with Gasteiger partial charge in [-0.1, -0.05) is 42.7 Å². The SMILES string of the molecule is Cc1ccc(CN(C(=O)COc2ccc(F)cc2)[C@H](C)C(=O)NC2CCCC2)cc1. The van der Waals surface area contributed by atoms with Crippen molar-refractivity contribution in [2.75, 3.05) is 6.61 Å². The molecule has 0 unspecified atom stereocenters. The first kappa shape index (κ1) is 21.8. The summed E-state index contributed by atoms with van der Waals surface area (Å²) in [4.78, 5) is 27.3. The molecule has 1 aliphatic carbocycles. The number of aryl methyl sites for hydroxylation is 1. The van der Waals surface area contributed by atoms with Crippen LogP contribution in [0.2, 0.25) is 0 Å². The number of rotatable bonds is 8. The molecular weight excluding hydrogens is 383 g/mol. The van der Waals surface area contributed by atoms with Gasteiger partial charge in [-0.25, -0.2) is 4.39 Å². The van der Waals surface area contributed by atoms with Crippen LogP contribution in [-0.2, 0) is 16.1 Å². The monoisotopic (exact) mass is 412 g/mol. The second kappa shape index (κ2) is 10.2. The fourth-order valence-corrected chi connectivity index (χ4v) is 3.62. The quantitative estimate of drug-likeness (QED) is 0.713. The van der Waals surface area contributed by atoms with Crippen molar-refractivity contribution in [3.8, 4) is 5.75 Å². The number of halogens is 1. The number of hydrogen-bond donors (Lipinski definition) is 1. The molecule has 30 heavy (non-hydrogen) atoms. The van der Waals surface area contributed by atoms with Crippen LogP contribution in [0, 0.1) is 12.7 Å². The molecule has 0 aliphatic heterocycles. The minimum absolute atomic E-state index is 0.149. The number of ether oxygens (including phenoxy) is 1. The second-order valence-electron chi connectivity index (χ2n) is 7.92. The molecule has 2 aromatic carbocycles. The van der Waals surface area contributed by atoms with Crippen LogP contribution in [0.15, 0.2) is 48.5 Å². The molecule has 2 aromatic rings.